The first-order valence-corrected chi connectivity index (χ1v) is 20.3. The molecule has 9 aromatic rings. The molecule has 9 rings (SSSR count). The molecule has 0 atom stereocenters. The summed E-state index contributed by atoms with van der Waals surface area (Å²) >= 11 is 0. The maximum atomic E-state index is 8.89. The second-order valence-corrected chi connectivity index (χ2v) is 20.3. The quantitative estimate of drug-likeness (QED) is 0.162. The predicted octanol–water partition coefficient (Wildman–Crippen LogP) is 15.5. The molecule has 0 radical (unpaired) electrons. The number of hydrogen-bond acceptors (Lipinski definition) is 1. The minimum Gasteiger partial charge on any atom is -0.454 e. The molecule has 0 spiro atoms. The fourth-order valence-electron chi connectivity index (χ4n) is 8.74. The molecule has 0 aliphatic heterocycles. The van der Waals surface area contributed by atoms with E-state index in [1.54, 1.807) is 0 Å². The van der Waals surface area contributed by atoms with Crippen molar-refractivity contribution in [1.29, 1.82) is 0 Å². The minimum absolute atomic E-state index is 0.0151. The summed E-state index contributed by atoms with van der Waals surface area (Å²) in [6.45, 7) is 36.2. The van der Waals surface area contributed by atoms with Crippen molar-refractivity contribution >= 4 is 71.2 Å². The molecule has 0 aliphatic carbocycles. The van der Waals surface area contributed by atoms with Crippen LogP contribution in [0.3, 0.4) is 0 Å². The number of fused-ring (bicyclic) bond motifs is 9. The Labute approximate surface area is 336 Å². The summed E-state index contributed by atoms with van der Waals surface area (Å²) in [7, 11) is 0. The van der Waals surface area contributed by atoms with Gasteiger partial charge in [0.25, 0.3) is 0 Å². The molecule has 4 nitrogen and oxygen atoms in total. The third-order valence-electron chi connectivity index (χ3n) is 12.2. The topological polar surface area (TPSA) is 27.4 Å². The third-order valence-corrected chi connectivity index (χ3v) is 12.2. The number of para-hydroxylation sites is 1. The summed E-state index contributed by atoms with van der Waals surface area (Å²) in [4.78, 5) is 4.39. The van der Waals surface area contributed by atoms with Gasteiger partial charge in [-0.25, -0.2) is 4.85 Å². The Morgan fingerprint density at radius 3 is 1.23 bits per heavy atom. The Hall–Kier alpha value is -5.79. The largest absolute Gasteiger partial charge is 0.454 e. The van der Waals surface area contributed by atoms with Crippen molar-refractivity contribution in [2.24, 2.45) is 0 Å². The SMILES string of the molecule is [C-]#[N+]c1cc(-n2c3ccc(C(C)(C)C)cc3c3cc(C(C)(C)C)ccc32)c2oc3ccccc3c2c1-n1c2ccc(C(C)(C)C)cc2c2cc(C(C)(C)C)ccc21. The van der Waals surface area contributed by atoms with Crippen molar-refractivity contribution < 1.29 is 4.42 Å². The van der Waals surface area contributed by atoms with E-state index >= 15 is 0 Å². The van der Waals surface area contributed by atoms with E-state index in [1.807, 2.05) is 6.07 Å². The lowest BCUT2D eigenvalue weighted by Gasteiger charge is -2.20. The predicted molar refractivity (Wildman–Crippen MR) is 243 cm³/mol. The number of rotatable bonds is 2. The van der Waals surface area contributed by atoms with Crippen LogP contribution in [0.1, 0.15) is 105 Å². The molecule has 0 bridgehead atoms. The highest BCUT2D eigenvalue weighted by atomic mass is 16.3. The third kappa shape index (κ3) is 5.69. The monoisotopic (exact) mass is 747 g/mol. The fourth-order valence-corrected chi connectivity index (χ4v) is 8.74. The van der Waals surface area contributed by atoms with Gasteiger partial charge < -0.3 is 13.6 Å². The van der Waals surface area contributed by atoms with Crippen LogP contribution in [0.5, 0.6) is 0 Å². The summed E-state index contributed by atoms with van der Waals surface area (Å²) in [5.41, 5.74) is 13.3. The highest BCUT2D eigenvalue weighted by molar-refractivity contribution is 6.19. The standard InChI is InChI=1S/C53H53N3O/c1-50(2,3)31-18-22-41-36(26-31)37-27-32(51(4,5)6)19-23-42(37)55(41)45-30-40(54-13)48(47-35-16-14-15-17-46(35)57-49(45)47)56-43-24-20-33(52(7,8)9)28-38(43)39-29-34(53(10,11)12)21-25-44(39)56/h14-30H,1-12H3. The number of furan rings is 1. The highest BCUT2D eigenvalue weighted by Gasteiger charge is 2.28. The molecule has 0 aliphatic rings. The van der Waals surface area contributed by atoms with Gasteiger partial charge in [-0.3, -0.25) is 0 Å². The molecule has 57 heavy (non-hydrogen) atoms. The lowest BCUT2D eigenvalue weighted by atomic mass is 9.85. The van der Waals surface area contributed by atoms with Gasteiger partial charge in [-0.15, -0.1) is 0 Å². The lowest BCUT2D eigenvalue weighted by Crippen LogP contribution is -2.10. The van der Waals surface area contributed by atoms with Gasteiger partial charge in [0, 0.05) is 32.3 Å². The van der Waals surface area contributed by atoms with Crippen molar-refractivity contribution in [3.8, 4) is 11.4 Å². The van der Waals surface area contributed by atoms with Crippen LogP contribution >= 0.6 is 0 Å². The van der Waals surface area contributed by atoms with E-state index in [1.165, 1.54) is 43.8 Å². The molecule has 3 aromatic heterocycles. The smallest absolute Gasteiger partial charge is 0.213 e. The molecule has 0 unspecified atom stereocenters. The van der Waals surface area contributed by atoms with Gasteiger partial charge in [-0.1, -0.05) is 126 Å². The van der Waals surface area contributed by atoms with Crippen LogP contribution in [0.2, 0.25) is 0 Å². The Morgan fingerprint density at radius 1 is 0.456 bits per heavy atom. The van der Waals surface area contributed by atoms with E-state index in [9.17, 15) is 0 Å². The zero-order valence-corrected chi connectivity index (χ0v) is 35.6. The average molecular weight is 748 g/mol. The van der Waals surface area contributed by atoms with Crippen molar-refractivity contribution in [2.75, 3.05) is 0 Å². The van der Waals surface area contributed by atoms with Crippen LogP contribution in [0.25, 0.3) is 81.8 Å². The van der Waals surface area contributed by atoms with Gasteiger partial charge in [-0.05, 0) is 105 Å². The number of hydrogen-bond donors (Lipinski definition) is 0. The second-order valence-electron chi connectivity index (χ2n) is 20.3. The summed E-state index contributed by atoms with van der Waals surface area (Å²) in [6, 6.07) is 37.9. The van der Waals surface area contributed by atoms with Crippen LogP contribution < -0.4 is 0 Å². The lowest BCUT2D eigenvalue weighted by molar-refractivity contribution is 0.590. The summed E-state index contributed by atoms with van der Waals surface area (Å²) in [6.07, 6.45) is 0. The molecule has 0 N–H and O–H groups in total. The highest BCUT2D eigenvalue weighted by Crippen LogP contribution is 2.48. The molecule has 0 fully saturated rings. The van der Waals surface area contributed by atoms with Crippen molar-refractivity contribution in [2.45, 2.75) is 105 Å². The molecular formula is C53H53N3O. The molecular weight excluding hydrogens is 695 g/mol. The maximum Gasteiger partial charge on any atom is 0.213 e. The van der Waals surface area contributed by atoms with E-state index in [0.717, 1.165) is 55.4 Å². The summed E-state index contributed by atoms with van der Waals surface area (Å²) < 4.78 is 11.7. The minimum atomic E-state index is -0.0226. The molecule has 0 amide bonds. The van der Waals surface area contributed by atoms with Crippen molar-refractivity contribution in [3.63, 3.8) is 0 Å². The van der Waals surface area contributed by atoms with E-state index in [4.69, 9.17) is 11.0 Å². The first-order chi connectivity index (χ1) is 26.8. The Balaban J connectivity index is 1.45. The van der Waals surface area contributed by atoms with Gasteiger partial charge in [0.2, 0.25) is 5.69 Å². The summed E-state index contributed by atoms with van der Waals surface area (Å²) in [5.74, 6) is 0. The van der Waals surface area contributed by atoms with Crippen LogP contribution in [-0.2, 0) is 21.7 Å². The van der Waals surface area contributed by atoms with E-state index in [2.05, 4.69) is 194 Å². The zero-order chi connectivity index (χ0) is 40.6. The van der Waals surface area contributed by atoms with E-state index in [0.29, 0.717) is 5.69 Å². The zero-order valence-electron chi connectivity index (χ0n) is 35.6. The molecule has 0 saturated carbocycles. The summed E-state index contributed by atoms with van der Waals surface area (Å²) in [5, 5.41) is 6.72. The Kier molecular flexibility index (Phi) is 7.82. The second kappa shape index (κ2) is 12.1. The van der Waals surface area contributed by atoms with Crippen LogP contribution in [-0.4, -0.2) is 9.13 Å². The van der Waals surface area contributed by atoms with Crippen LogP contribution in [0, 0.1) is 6.57 Å². The van der Waals surface area contributed by atoms with Gasteiger partial charge in [0.1, 0.15) is 5.58 Å². The van der Waals surface area contributed by atoms with Crippen LogP contribution in [0.15, 0.2) is 108 Å². The maximum absolute atomic E-state index is 8.89. The van der Waals surface area contributed by atoms with E-state index < -0.39 is 0 Å². The van der Waals surface area contributed by atoms with Crippen molar-refractivity contribution in [1.82, 2.24) is 9.13 Å². The van der Waals surface area contributed by atoms with Gasteiger partial charge in [-0.2, -0.15) is 0 Å². The average Bonchev–Trinajstić information content (AvgIpc) is 3.80. The Bertz CT molecular complexity index is 3020. The number of benzene rings is 6. The van der Waals surface area contributed by atoms with Gasteiger partial charge in [0.15, 0.2) is 5.58 Å². The first-order valence-electron chi connectivity index (χ1n) is 20.3. The van der Waals surface area contributed by atoms with Crippen molar-refractivity contribution in [3.05, 3.63) is 137 Å². The molecule has 0 saturated heterocycles. The normalized spacial score (nSPS) is 13.2. The molecule has 3 heterocycles. The van der Waals surface area contributed by atoms with E-state index in [-0.39, 0.29) is 21.7 Å². The van der Waals surface area contributed by atoms with Gasteiger partial charge in [0.05, 0.1) is 40.0 Å². The Morgan fingerprint density at radius 2 is 0.842 bits per heavy atom. The molecule has 4 heteroatoms. The van der Waals surface area contributed by atoms with Gasteiger partial charge >= 0.3 is 0 Å². The molecule has 6 aromatic carbocycles. The molecule has 286 valence electrons. The number of nitrogens with zero attached hydrogens (tertiary/aromatic N) is 3. The first kappa shape index (κ1) is 36.8. The van der Waals surface area contributed by atoms with Crippen LogP contribution in [0.4, 0.5) is 5.69 Å². The number of aromatic nitrogens is 2. The fraction of sp³-hybridized carbons (Fsp3) is 0.302.